The molecule has 2 aromatic carbocycles. The minimum Gasteiger partial charge on any atom is -0.444 e. The zero-order valence-electron chi connectivity index (χ0n) is 18.4. The third-order valence-electron chi connectivity index (χ3n) is 5.23. The van der Waals surface area contributed by atoms with Crippen molar-refractivity contribution in [3.05, 3.63) is 64.7 Å². The van der Waals surface area contributed by atoms with Gasteiger partial charge in [0.15, 0.2) is 0 Å². The Morgan fingerprint density at radius 1 is 1.10 bits per heavy atom. The van der Waals surface area contributed by atoms with Crippen LogP contribution in [0.5, 0.6) is 0 Å². The van der Waals surface area contributed by atoms with Crippen LogP contribution in [0.2, 0.25) is 5.02 Å². The normalized spacial score (nSPS) is 18.9. The number of amides is 2. The quantitative estimate of drug-likeness (QED) is 0.572. The predicted molar refractivity (Wildman–Crippen MR) is 126 cm³/mol. The van der Waals surface area contributed by atoms with Crippen LogP contribution in [0.3, 0.4) is 0 Å². The Morgan fingerprint density at radius 2 is 1.77 bits per heavy atom. The summed E-state index contributed by atoms with van der Waals surface area (Å²) in [7, 11) is 0. The zero-order valence-corrected chi connectivity index (χ0v) is 19.2. The van der Waals surface area contributed by atoms with E-state index in [1.54, 1.807) is 6.92 Å². The van der Waals surface area contributed by atoms with Gasteiger partial charge in [-0.25, -0.2) is 4.79 Å². The number of carbonyl (C=O) groups is 2. The summed E-state index contributed by atoms with van der Waals surface area (Å²) in [6, 6.07) is 15.2. The minimum atomic E-state index is -0.937. The van der Waals surface area contributed by atoms with Gasteiger partial charge >= 0.3 is 6.09 Å². The Hall–Kier alpha value is -2.79. The molecule has 164 valence electrons. The molecule has 1 atom stereocenters. The molecule has 0 aliphatic carbocycles. The molecule has 0 bridgehead atoms. The van der Waals surface area contributed by atoms with E-state index in [-0.39, 0.29) is 5.91 Å². The summed E-state index contributed by atoms with van der Waals surface area (Å²) < 4.78 is 5.50. The van der Waals surface area contributed by atoms with Crippen molar-refractivity contribution < 1.29 is 14.3 Å². The van der Waals surface area contributed by atoms with Crippen LogP contribution < -0.4 is 5.32 Å². The molecule has 1 heterocycles. The Labute approximate surface area is 189 Å². The summed E-state index contributed by atoms with van der Waals surface area (Å²) >= 11 is 6.02. The standard InChI is InChI=1S/C25H29ClN2O3/c1-24(2,3)31-23(30)28-16-6-15-25(28,4)22(29)27-21-13-11-18(12-14-21)9-10-19-7-5-8-20(26)17-19/h5,7-14,17H,6,15-16H2,1-4H3,(H,27,29)/b10-9+/t25-/m0/s1. The van der Waals surface area contributed by atoms with E-state index in [1.807, 2.05) is 81.5 Å². The van der Waals surface area contributed by atoms with Gasteiger partial charge in [-0.1, -0.05) is 48.0 Å². The number of ether oxygens (including phenoxy) is 1. The van der Waals surface area contributed by atoms with Crippen molar-refractivity contribution in [3.63, 3.8) is 0 Å². The molecule has 31 heavy (non-hydrogen) atoms. The van der Waals surface area contributed by atoms with Gasteiger partial charge in [0.1, 0.15) is 11.1 Å². The molecule has 0 aromatic heterocycles. The van der Waals surface area contributed by atoms with E-state index in [9.17, 15) is 9.59 Å². The smallest absolute Gasteiger partial charge is 0.411 e. The van der Waals surface area contributed by atoms with E-state index >= 15 is 0 Å². The second kappa shape index (κ2) is 9.15. The molecule has 1 aliphatic rings. The van der Waals surface area contributed by atoms with Crippen LogP contribution in [0.1, 0.15) is 51.7 Å². The lowest BCUT2D eigenvalue weighted by Crippen LogP contribution is -2.54. The second-order valence-electron chi connectivity index (χ2n) is 8.97. The summed E-state index contributed by atoms with van der Waals surface area (Å²) in [5.74, 6) is -0.210. The molecule has 0 radical (unpaired) electrons. The zero-order chi connectivity index (χ0) is 22.6. The van der Waals surface area contributed by atoms with Gasteiger partial charge in [0.2, 0.25) is 5.91 Å². The van der Waals surface area contributed by atoms with Crippen molar-refractivity contribution >= 4 is 41.4 Å². The van der Waals surface area contributed by atoms with Crippen LogP contribution in [-0.2, 0) is 9.53 Å². The third-order valence-corrected chi connectivity index (χ3v) is 5.46. The van der Waals surface area contributed by atoms with Crippen molar-refractivity contribution in [2.45, 2.75) is 51.7 Å². The number of hydrogen-bond acceptors (Lipinski definition) is 3. The van der Waals surface area contributed by atoms with Crippen molar-refractivity contribution in [3.8, 4) is 0 Å². The second-order valence-corrected chi connectivity index (χ2v) is 9.41. The Kier molecular flexibility index (Phi) is 6.75. The van der Waals surface area contributed by atoms with E-state index < -0.39 is 17.2 Å². The topological polar surface area (TPSA) is 58.6 Å². The highest BCUT2D eigenvalue weighted by Gasteiger charge is 2.47. The molecule has 0 saturated carbocycles. The van der Waals surface area contributed by atoms with Crippen molar-refractivity contribution in [2.24, 2.45) is 0 Å². The maximum absolute atomic E-state index is 13.1. The number of anilines is 1. The summed E-state index contributed by atoms with van der Waals surface area (Å²) in [5.41, 5.74) is 1.16. The van der Waals surface area contributed by atoms with Gasteiger partial charge in [-0.05, 0) is 75.9 Å². The maximum atomic E-state index is 13.1. The Morgan fingerprint density at radius 3 is 2.42 bits per heavy atom. The molecule has 6 heteroatoms. The largest absolute Gasteiger partial charge is 0.444 e. The third kappa shape index (κ3) is 5.88. The van der Waals surface area contributed by atoms with Crippen molar-refractivity contribution in [2.75, 3.05) is 11.9 Å². The minimum absolute atomic E-state index is 0.210. The first-order chi connectivity index (χ1) is 14.6. The first-order valence-electron chi connectivity index (χ1n) is 10.4. The number of likely N-dealkylation sites (tertiary alicyclic amines) is 1. The summed E-state index contributed by atoms with van der Waals surface area (Å²) in [5, 5.41) is 3.65. The molecule has 1 aliphatic heterocycles. The molecule has 1 N–H and O–H groups in total. The van der Waals surface area contributed by atoms with Crippen LogP contribution in [0.25, 0.3) is 12.2 Å². The van der Waals surface area contributed by atoms with Gasteiger partial charge in [-0.15, -0.1) is 0 Å². The van der Waals surface area contributed by atoms with Crippen LogP contribution in [0.4, 0.5) is 10.5 Å². The van der Waals surface area contributed by atoms with Gasteiger partial charge < -0.3 is 10.1 Å². The maximum Gasteiger partial charge on any atom is 0.411 e. The first kappa shape index (κ1) is 22.9. The van der Waals surface area contributed by atoms with Crippen LogP contribution in [-0.4, -0.2) is 34.6 Å². The molecular formula is C25H29ClN2O3. The number of halogens is 1. The molecule has 0 spiro atoms. The number of carbonyl (C=O) groups excluding carboxylic acids is 2. The lowest BCUT2D eigenvalue weighted by molar-refractivity contribution is -0.125. The monoisotopic (exact) mass is 440 g/mol. The average molecular weight is 441 g/mol. The highest BCUT2D eigenvalue weighted by Crippen LogP contribution is 2.32. The molecule has 3 rings (SSSR count). The van der Waals surface area contributed by atoms with Gasteiger partial charge in [0, 0.05) is 17.3 Å². The number of rotatable bonds is 4. The molecule has 1 saturated heterocycles. The fourth-order valence-electron chi connectivity index (χ4n) is 3.56. The number of hydrogen-bond donors (Lipinski definition) is 1. The van der Waals surface area contributed by atoms with Gasteiger partial charge in [-0.3, -0.25) is 9.69 Å². The Bertz CT molecular complexity index is 979. The SMILES string of the molecule is CC(C)(C)OC(=O)N1CCC[C@@]1(C)C(=O)Nc1ccc(/C=C/c2cccc(Cl)c2)cc1. The van der Waals surface area contributed by atoms with E-state index in [0.29, 0.717) is 23.7 Å². The average Bonchev–Trinajstić information content (AvgIpc) is 3.09. The Balaban J connectivity index is 1.66. The molecule has 0 unspecified atom stereocenters. The highest BCUT2D eigenvalue weighted by atomic mass is 35.5. The van der Waals surface area contributed by atoms with E-state index in [2.05, 4.69) is 5.32 Å². The fourth-order valence-corrected chi connectivity index (χ4v) is 3.75. The fraction of sp³-hybridized carbons (Fsp3) is 0.360. The van der Waals surface area contributed by atoms with Crippen LogP contribution in [0.15, 0.2) is 48.5 Å². The van der Waals surface area contributed by atoms with E-state index in [0.717, 1.165) is 17.5 Å². The molecule has 5 nitrogen and oxygen atoms in total. The van der Waals surface area contributed by atoms with Gasteiger partial charge in [-0.2, -0.15) is 0 Å². The number of benzene rings is 2. The molecular weight excluding hydrogens is 412 g/mol. The first-order valence-corrected chi connectivity index (χ1v) is 10.8. The van der Waals surface area contributed by atoms with E-state index in [4.69, 9.17) is 16.3 Å². The molecule has 2 amide bonds. The summed E-state index contributed by atoms with van der Waals surface area (Å²) in [6.07, 6.45) is 4.87. The van der Waals surface area contributed by atoms with Gasteiger partial charge in [0.05, 0.1) is 0 Å². The highest BCUT2D eigenvalue weighted by molar-refractivity contribution is 6.30. The number of nitrogens with one attached hydrogen (secondary N) is 1. The van der Waals surface area contributed by atoms with Crippen molar-refractivity contribution in [1.82, 2.24) is 4.90 Å². The van der Waals surface area contributed by atoms with Crippen LogP contribution in [0, 0.1) is 0 Å². The number of nitrogens with zero attached hydrogens (tertiary/aromatic N) is 1. The van der Waals surface area contributed by atoms with Gasteiger partial charge in [0.25, 0.3) is 0 Å². The summed E-state index contributed by atoms with van der Waals surface area (Å²) in [6.45, 7) is 7.76. The lowest BCUT2D eigenvalue weighted by atomic mass is 9.97. The predicted octanol–water partition coefficient (Wildman–Crippen LogP) is 6.24. The molecule has 1 fully saturated rings. The lowest BCUT2D eigenvalue weighted by Gasteiger charge is -2.35. The van der Waals surface area contributed by atoms with Crippen molar-refractivity contribution in [1.29, 1.82) is 0 Å². The summed E-state index contributed by atoms with van der Waals surface area (Å²) in [4.78, 5) is 27.2. The van der Waals surface area contributed by atoms with Crippen LogP contribution >= 0.6 is 11.6 Å². The van der Waals surface area contributed by atoms with E-state index in [1.165, 1.54) is 4.90 Å². The molecule has 2 aromatic rings.